The Morgan fingerprint density at radius 3 is 2.56 bits per heavy atom. The van der Waals surface area contributed by atoms with Gasteiger partial charge in [-0.2, -0.15) is 5.26 Å². The Labute approximate surface area is 95.5 Å². The number of nitrogens with zero attached hydrogens (tertiary/aromatic N) is 2. The van der Waals surface area contributed by atoms with Crippen molar-refractivity contribution in [2.45, 2.75) is 26.2 Å². The molecule has 1 rings (SSSR count). The fourth-order valence-electron chi connectivity index (χ4n) is 1.70. The minimum absolute atomic E-state index is 0.0799. The molecule has 1 heterocycles. The number of nitrogens with two attached hydrogens (primary N) is 1. The number of esters is 1. The normalized spacial score (nSPS) is 17.4. The number of likely N-dealkylation sites (tertiary alicyclic amines) is 1. The van der Waals surface area contributed by atoms with Gasteiger partial charge in [0, 0.05) is 13.1 Å². The van der Waals surface area contributed by atoms with Crippen LogP contribution >= 0.6 is 0 Å². The van der Waals surface area contributed by atoms with Crippen LogP contribution in [-0.4, -0.2) is 30.6 Å². The first kappa shape index (κ1) is 12.4. The molecule has 0 spiro atoms. The van der Waals surface area contributed by atoms with Gasteiger partial charge in [-0.25, -0.2) is 4.79 Å². The van der Waals surface area contributed by atoms with Gasteiger partial charge in [-0.15, -0.1) is 0 Å². The lowest BCUT2D eigenvalue weighted by Crippen LogP contribution is -2.35. The Morgan fingerprint density at radius 2 is 2.06 bits per heavy atom. The minimum atomic E-state index is -0.631. The quantitative estimate of drug-likeness (QED) is 0.433. The summed E-state index contributed by atoms with van der Waals surface area (Å²) in [4.78, 5) is 13.3. The third-order valence-corrected chi connectivity index (χ3v) is 2.54. The minimum Gasteiger partial charge on any atom is -0.462 e. The van der Waals surface area contributed by atoms with Crippen molar-refractivity contribution in [2.24, 2.45) is 5.73 Å². The Balaban J connectivity index is 2.81. The van der Waals surface area contributed by atoms with E-state index in [0.29, 0.717) is 0 Å². The van der Waals surface area contributed by atoms with Crippen molar-refractivity contribution in [2.75, 3.05) is 19.7 Å². The molecule has 2 N–H and O–H groups in total. The zero-order valence-electron chi connectivity index (χ0n) is 9.53. The van der Waals surface area contributed by atoms with E-state index < -0.39 is 5.97 Å². The molecule has 1 saturated heterocycles. The summed E-state index contributed by atoms with van der Waals surface area (Å²) in [5.41, 5.74) is 5.74. The van der Waals surface area contributed by atoms with Gasteiger partial charge in [0.2, 0.25) is 0 Å². The summed E-state index contributed by atoms with van der Waals surface area (Å²) in [5, 5.41) is 8.91. The van der Waals surface area contributed by atoms with Crippen LogP contribution in [0.15, 0.2) is 11.4 Å². The average molecular weight is 223 g/mol. The van der Waals surface area contributed by atoms with E-state index in [2.05, 4.69) is 0 Å². The Bertz CT molecular complexity index is 325. The van der Waals surface area contributed by atoms with E-state index in [4.69, 9.17) is 15.7 Å². The molecule has 0 unspecified atom stereocenters. The molecule has 0 aromatic carbocycles. The van der Waals surface area contributed by atoms with Crippen molar-refractivity contribution < 1.29 is 9.53 Å². The number of ether oxygens (including phenoxy) is 1. The predicted octanol–water partition coefficient (Wildman–Crippen LogP) is 0.729. The maximum Gasteiger partial charge on any atom is 0.352 e. The smallest absolute Gasteiger partial charge is 0.352 e. The topological polar surface area (TPSA) is 79.3 Å². The van der Waals surface area contributed by atoms with Crippen LogP contribution in [0, 0.1) is 11.3 Å². The van der Waals surface area contributed by atoms with Gasteiger partial charge < -0.3 is 15.4 Å². The van der Waals surface area contributed by atoms with Crippen LogP contribution in [0.25, 0.3) is 0 Å². The first-order valence-electron chi connectivity index (χ1n) is 5.52. The average Bonchev–Trinajstić information content (AvgIpc) is 2.31. The highest BCUT2D eigenvalue weighted by atomic mass is 16.5. The van der Waals surface area contributed by atoms with Crippen LogP contribution in [0.4, 0.5) is 0 Å². The molecule has 0 aromatic rings. The highest BCUT2D eigenvalue weighted by Crippen LogP contribution is 2.14. The molecule has 0 amide bonds. The largest absolute Gasteiger partial charge is 0.462 e. The Kier molecular flexibility index (Phi) is 4.65. The fourth-order valence-corrected chi connectivity index (χ4v) is 1.70. The lowest BCUT2D eigenvalue weighted by atomic mass is 10.1. The van der Waals surface area contributed by atoms with E-state index in [0.717, 1.165) is 25.9 Å². The van der Waals surface area contributed by atoms with Gasteiger partial charge >= 0.3 is 5.97 Å². The van der Waals surface area contributed by atoms with Gasteiger partial charge in [0.25, 0.3) is 0 Å². The van der Waals surface area contributed by atoms with Crippen molar-refractivity contribution in [3.63, 3.8) is 0 Å². The summed E-state index contributed by atoms with van der Waals surface area (Å²) in [7, 11) is 0. The van der Waals surface area contributed by atoms with Crippen LogP contribution in [0.5, 0.6) is 0 Å². The monoisotopic (exact) mass is 223 g/mol. The van der Waals surface area contributed by atoms with Gasteiger partial charge in [-0.1, -0.05) is 0 Å². The highest BCUT2D eigenvalue weighted by molar-refractivity contribution is 5.93. The van der Waals surface area contributed by atoms with Gasteiger partial charge in [0.05, 0.1) is 6.61 Å². The number of nitriles is 1. The number of rotatable bonds is 3. The maximum atomic E-state index is 11.4. The van der Waals surface area contributed by atoms with Crippen LogP contribution in [0.3, 0.4) is 0 Å². The second-order valence-corrected chi connectivity index (χ2v) is 3.64. The van der Waals surface area contributed by atoms with Crippen molar-refractivity contribution in [1.82, 2.24) is 4.90 Å². The summed E-state index contributed by atoms with van der Waals surface area (Å²) in [5.74, 6) is -0.381. The summed E-state index contributed by atoms with van der Waals surface area (Å²) in [6.45, 7) is 3.55. The molecule has 1 aliphatic heterocycles. The number of hydrogen-bond acceptors (Lipinski definition) is 5. The maximum absolute atomic E-state index is 11.4. The summed E-state index contributed by atoms with van der Waals surface area (Å²) < 4.78 is 4.78. The highest BCUT2D eigenvalue weighted by Gasteiger charge is 2.20. The molecule has 16 heavy (non-hydrogen) atoms. The zero-order valence-corrected chi connectivity index (χ0v) is 9.53. The third kappa shape index (κ3) is 2.89. The molecule has 0 saturated carbocycles. The Morgan fingerprint density at radius 1 is 1.44 bits per heavy atom. The third-order valence-electron chi connectivity index (χ3n) is 2.54. The molecule has 5 nitrogen and oxygen atoms in total. The lowest BCUT2D eigenvalue weighted by Gasteiger charge is -2.29. The van der Waals surface area contributed by atoms with Crippen LogP contribution in [-0.2, 0) is 9.53 Å². The van der Waals surface area contributed by atoms with Gasteiger partial charge in [0.1, 0.15) is 11.9 Å². The number of hydrogen-bond donors (Lipinski definition) is 1. The van der Waals surface area contributed by atoms with E-state index in [1.54, 1.807) is 6.92 Å². The molecule has 0 radical (unpaired) electrons. The predicted molar refractivity (Wildman–Crippen MR) is 58.9 cm³/mol. The summed E-state index contributed by atoms with van der Waals surface area (Å²) in [6, 6.07) is 1.82. The standard InChI is InChI=1S/C11H17N3O2/c1-2-16-11(15)9(8-12)10(13)14-6-4-3-5-7-14/h2-7,13H2,1H3/b10-9+. The fraction of sp³-hybridized carbons (Fsp3) is 0.636. The van der Waals surface area contributed by atoms with E-state index >= 15 is 0 Å². The molecular weight excluding hydrogens is 206 g/mol. The molecule has 0 bridgehead atoms. The molecule has 88 valence electrons. The second kappa shape index (κ2) is 6.01. The number of piperidine rings is 1. The van der Waals surface area contributed by atoms with E-state index in [1.165, 1.54) is 6.42 Å². The van der Waals surface area contributed by atoms with Crippen molar-refractivity contribution >= 4 is 5.97 Å². The summed E-state index contributed by atoms with van der Waals surface area (Å²) in [6.07, 6.45) is 3.26. The van der Waals surface area contributed by atoms with E-state index in [-0.39, 0.29) is 18.0 Å². The van der Waals surface area contributed by atoms with Gasteiger partial charge in [-0.3, -0.25) is 0 Å². The first-order valence-corrected chi connectivity index (χ1v) is 5.52. The molecular formula is C11H17N3O2. The number of carbonyl (C=O) groups excluding carboxylic acids is 1. The zero-order chi connectivity index (χ0) is 12.0. The Hall–Kier alpha value is -1.70. The van der Waals surface area contributed by atoms with Crippen LogP contribution in [0.1, 0.15) is 26.2 Å². The summed E-state index contributed by atoms with van der Waals surface area (Å²) >= 11 is 0. The lowest BCUT2D eigenvalue weighted by molar-refractivity contribution is -0.138. The van der Waals surface area contributed by atoms with Gasteiger partial charge in [-0.05, 0) is 26.2 Å². The van der Waals surface area contributed by atoms with Crippen molar-refractivity contribution in [3.05, 3.63) is 11.4 Å². The van der Waals surface area contributed by atoms with Crippen LogP contribution < -0.4 is 5.73 Å². The first-order chi connectivity index (χ1) is 7.70. The molecule has 0 atom stereocenters. The molecule has 5 heteroatoms. The van der Waals surface area contributed by atoms with E-state index in [1.807, 2.05) is 11.0 Å². The second-order valence-electron chi connectivity index (χ2n) is 3.64. The van der Waals surface area contributed by atoms with Crippen molar-refractivity contribution in [1.29, 1.82) is 5.26 Å². The molecule has 0 aliphatic carbocycles. The van der Waals surface area contributed by atoms with E-state index in [9.17, 15) is 4.79 Å². The van der Waals surface area contributed by atoms with Gasteiger partial charge in [0.15, 0.2) is 5.57 Å². The SMILES string of the molecule is CCOC(=O)/C(C#N)=C(\N)N1CCCCC1. The van der Waals surface area contributed by atoms with Crippen LogP contribution in [0.2, 0.25) is 0 Å². The molecule has 0 aromatic heterocycles. The molecule has 1 aliphatic rings. The number of carbonyl (C=O) groups is 1. The molecule has 1 fully saturated rings. The van der Waals surface area contributed by atoms with Crippen molar-refractivity contribution in [3.8, 4) is 6.07 Å².